The fourth-order valence-electron chi connectivity index (χ4n) is 4.01. The molecule has 5 aromatic rings. The lowest BCUT2D eigenvalue weighted by Gasteiger charge is -2.30. The van der Waals surface area contributed by atoms with E-state index in [1.54, 1.807) is 17.4 Å². The summed E-state index contributed by atoms with van der Waals surface area (Å²) in [5, 5.41) is 4.60. The van der Waals surface area contributed by atoms with Crippen LogP contribution in [0.4, 0.5) is 5.69 Å². The Morgan fingerprint density at radius 3 is 2.09 bits per heavy atom. The average molecular weight is 469 g/mol. The molecule has 0 radical (unpaired) electrons. The second kappa shape index (κ2) is 8.81. The third kappa shape index (κ3) is 4.04. The lowest BCUT2D eigenvalue weighted by atomic mass is 9.75. The Labute approximate surface area is 201 Å². The van der Waals surface area contributed by atoms with E-state index in [0.29, 0.717) is 10.7 Å². The first kappa shape index (κ1) is 21.4. The number of nitrogens with one attached hydrogen (secondary N) is 1. The van der Waals surface area contributed by atoms with Gasteiger partial charge in [-0.25, -0.2) is 4.98 Å². The van der Waals surface area contributed by atoms with E-state index in [-0.39, 0.29) is 5.91 Å². The molecule has 0 fully saturated rings. The largest absolute Gasteiger partial charge is 0.324 e. The number of fused-ring (bicyclic) bond motifs is 1. The van der Waals surface area contributed by atoms with Crippen molar-refractivity contribution in [1.82, 2.24) is 4.98 Å². The van der Waals surface area contributed by atoms with E-state index >= 15 is 0 Å². The van der Waals surface area contributed by atoms with Gasteiger partial charge in [-0.1, -0.05) is 84.4 Å². The minimum absolute atomic E-state index is 0.121. The van der Waals surface area contributed by atoms with E-state index in [1.807, 2.05) is 104 Å². The predicted molar refractivity (Wildman–Crippen MR) is 138 cm³/mol. The fourth-order valence-corrected chi connectivity index (χ4v) is 5.18. The Hall–Kier alpha value is -3.47. The molecular formula is C28H21ClN2OS. The molecule has 0 aliphatic rings. The molecular weight excluding hydrogens is 448 g/mol. The van der Waals surface area contributed by atoms with Crippen molar-refractivity contribution in [2.45, 2.75) is 12.3 Å². The number of aromatic nitrogens is 1. The molecule has 33 heavy (non-hydrogen) atoms. The number of hydrogen-bond acceptors (Lipinski definition) is 3. The van der Waals surface area contributed by atoms with Gasteiger partial charge in [0.1, 0.15) is 5.01 Å². The highest BCUT2D eigenvalue weighted by atomic mass is 35.5. The van der Waals surface area contributed by atoms with Crippen LogP contribution in [0.1, 0.15) is 18.1 Å². The smallest absolute Gasteiger partial charge is 0.239 e. The summed E-state index contributed by atoms with van der Waals surface area (Å²) in [5.41, 5.74) is 3.37. The van der Waals surface area contributed by atoms with Gasteiger partial charge >= 0.3 is 0 Å². The van der Waals surface area contributed by atoms with E-state index in [9.17, 15) is 4.79 Å². The molecule has 0 aliphatic carbocycles. The number of carbonyl (C=O) groups is 1. The molecule has 0 spiro atoms. The standard InChI is InChI=1S/C28H21ClN2OS/c1-28(19-10-4-2-5-11-19,20-12-6-3-7-13-20)27(32)31-23-17-16-21(29)18-22(23)26-30-24-14-8-9-15-25(24)33-26/h2-18H,1H3,(H,31,32). The first-order valence-electron chi connectivity index (χ1n) is 10.6. The summed E-state index contributed by atoms with van der Waals surface area (Å²) >= 11 is 7.93. The monoisotopic (exact) mass is 468 g/mol. The maximum absolute atomic E-state index is 13.9. The van der Waals surface area contributed by atoms with Crippen LogP contribution < -0.4 is 5.32 Å². The van der Waals surface area contributed by atoms with Crippen molar-refractivity contribution in [1.29, 1.82) is 0 Å². The molecule has 0 saturated heterocycles. The minimum atomic E-state index is -0.882. The van der Waals surface area contributed by atoms with Crippen LogP contribution in [0.5, 0.6) is 0 Å². The van der Waals surface area contributed by atoms with Gasteiger partial charge in [-0.2, -0.15) is 0 Å². The van der Waals surface area contributed by atoms with Gasteiger partial charge < -0.3 is 5.32 Å². The van der Waals surface area contributed by atoms with Crippen molar-refractivity contribution >= 4 is 44.7 Å². The van der Waals surface area contributed by atoms with Crippen molar-refractivity contribution in [3.05, 3.63) is 119 Å². The van der Waals surface area contributed by atoms with Gasteiger partial charge in [0, 0.05) is 10.6 Å². The Balaban J connectivity index is 1.59. The third-order valence-corrected chi connectivity index (χ3v) is 7.22. The second-order valence-electron chi connectivity index (χ2n) is 7.99. The second-order valence-corrected chi connectivity index (χ2v) is 9.45. The van der Waals surface area contributed by atoms with E-state index in [0.717, 1.165) is 31.9 Å². The summed E-state index contributed by atoms with van der Waals surface area (Å²) in [4.78, 5) is 18.7. The van der Waals surface area contributed by atoms with Crippen LogP contribution in [-0.4, -0.2) is 10.9 Å². The maximum atomic E-state index is 13.9. The molecule has 5 rings (SSSR count). The lowest BCUT2D eigenvalue weighted by Crippen LogP contribution is -2.38. The van der Waals surface area contributed by atoms with Crippen molar-refractivity contribution in [3.63, 3.8) is 0 Å². The molecule has 3 nitrogen and oxygen atoms in total. The van der Waals surface area contributed by atoms with Gasteiger partial charge in [0.05, 0.1) is 21.3 Å². The molecule has 1 amide bonds. The quantitative estimate of drug-likeness (QED) is 0.289. The van der Waals surface area contributed by atoms with Crippen LogP contribution >= 0.6 is 22.9 Å². The first-order valence-corrected chi connectivity index (χ1v) is 11.8. The van der Waals surface area contributed by atoms with Crippen molar-refractivity contribution < 1.29 is 4.79 Å². The Kier molecular flexibility index (Phi) is 5.71. The number of hydrogen-bond donors (Lipinski definition) is 1. The zero-order valence-electron chi connectivity index (χ0n) is 18.0. The van der Waals surface area contributed by atoms with Crippen LogP contribution in [0, 0.1) is 0 Å². The van der Waals surface area contributed by atoms with Crippen LogP contribution in [0.3, 0.4) is 0 Å². The minimum Gasteiger partial charge on any atom is -0.324 e. The van der Waals surface area contributed by atoms with Crippen LogP contribution in [-0.2, 0) is 10.2 Å². The van der Waals surface area contributed by atoms with Gasteiger partial charge in [0.25, 0.3) is 0 Å². The molecule has 0 aliphatic heterocycles. The molecule has 0 bridgehead atoms. The molecule has 0 unspecified atom stereocenters. The van der Waals surface area contributed by atoms with E-state index < -0.39 is 5.41 Å². The van der Waals surface area contributed by atoms with Gasteiger partial charge in [0.15, 0.2) is 0 Å². The summed E-state index contributed by atoms with van der Waals surface area (Å²) in [6.45, 7) is 1.96. The average Bonchev–Trinajstić information content (AvgIpc) is 3.30. The first-order chi connectivity index (χ1) is 16.1. The molecule has 0 atom stereocenters. The molecule has 1 heterocycles. The number of nitrogens with zero attached hydrogens (tertiary/aromatic N) is 1. The Bertz CT molecular complexity index is 1360. The van der Waals surface area contributed by atoms with Gasteiger partial charge in [-0.3, -0.25) is 4.79 Å². The number of para-hydroxylation sites is 1. The SMILES string of the molecule is CC(C(=O)Nc1ccc(Cl)cc1-c1nc2ccccc2s1)(c1ccccc1)c1ccccc1. The van der Waals surface area contributed by atoms with E-state index in [2.05, 4.69) is 5.32 Å². The van der Waals surface area contributed by atoms with E-state index in [1.165, 1.54) is 0 Å². The number of benzene rings is 4. The zero-order valence-corrected chi connectivity index (χ0v) is 19.5. The van der Waals surface area contributed by atoms with Crippen LogP contribution in [0.25, 0.3) is 20.8 Å². The highest BCUT2D eigenvalue weighted by Gasteiger charge is 2.37. The number of rotatable bonds is 5. The third-order valence-electron chi connectivity index (χ3n) is 5.91. The van der Waals surface area contributed by atoms with E-state index in [4.69, 9.17) is 16.6 Å². The van der Waals surface area contributed by atoms with Gasteiger partial charge in [-0.15, -0.1) is 11.3 Å². The molecule has 1 N–H and O–H groups in total. The van der Waals surface area contributed by atoms with Crippen molar-refractivity contribution in [3.8, 4) is 10.6 Å². The number of amides is 1. The molecule has 162 valence electrons. The molecule has 0 saturated carbocycles. The number of halogens is 1. The number of carbonyl (C=O) groups excluding carboxylic acids is 1. The highest BCUT2D eigenvalue weighted by Crippen LogP contribution is 2.38. The van der Waals surface area contributed by atoms with Gasteiger partial charge in [-0.05, 0) is 48.4 Å². The number of thiazole rings is 1. The van der Waals surface area contributed by atoms with Crippen molar-refractivity contribution in [2.24, 2.45) is 0 Å². The predicted octanol–water partition coefficient (Wildman–Crippen LogP) is 7.56. The summed E-state index contributed by atoms with van der Waals surface area (Å²) in [6, 6.07) is 33.2. The highest BCUT2D eigenvalue weighted by molar-refractivity contribution is 7.21. The topological polar surface area (TPSA) is 42.0 Å². The molecule has 5 heteroatoms. The van der Waals surface area contributed by atoms with Crippen molar-refractivity contribution in [2.75, 3.05) is 5.32 Å². The number of anilines is 1. The van der Waals surface area contributed by atoms with Gasteiger partial charge in [0.2, 0.25) is 5.91 Å². The summed E-state index contributed by atoms with van der Waals surface area (Å²) in [7, 11) is 0. The molecule has 4 aromatic carbocycles. The normalized spacial score (nSPS) is 11.5. The van der Waals surface area contributed by atoms with Crippen LogP contribution in [0.15, 0.2) is 103 Å². The van der Waals surface area contributed by atoms with Crippen LogP contribution in [0.2, 0.25) is 5.02 Å². The Morgan fingerprint density at radius 2 is 1.45 bits per heavy atom. The Morgan fingerprint density at radius 1 is 0.848 bits per heavy atom. The lowest BCUT2D eigenvalue weighted by molar-refractivity contribution is -0.119. The summed E-state index contributed by atoms with van der Waals surface area (Å²) < 4.78 is 1.09. The maximum Gasteiger partial charge on any atom is 0.239 e. The molecule has 1 aromatic heterocycles. The fraction of sp³-hybridized carbons (Fsp3) is 0.0714. The summed E-state index contributed by atoms with van der Waals surface area (Å²) in [5.74, 6) is -0.121. The zero-order chi connectivity index (χ0) is 22.8. The summed E-state index contributed by atoms with van der Waals surface area (Å²) in [6.07, 6.45) is 0.